The highest BCUT2D eigenvalue weighted by Gasteiger charge is 2.17. The number of allylic oxidation sites excluding steroid dienone is 3. The van der Waals surface area contributed by atoms with Crippen molar-refractivity contribution in [1.82, 2.24) is 5.32 Å². The van der Waals surface area contributed by atoms with E-state index in [-0.39, 0.29) is 12.5 Å². The molecule has 0 aromatic rings. The van der Waals surface area contributed by atoms with E-state index in [0.29, 0.717) is 6.42 Å². The Morgan fingerprint density at radius 3 is 1.57 bits per heavy atom. The smallest absolute Gasteiger partial charge is 0.220 e. The van der Waals surface area contributed by atoms with E-state index in [9.17, 15) is 15.0 Å². The number of nitrogens with one attached hydrogen (secondary N) is 1. The summed E-state index contributed by atoms with van der Waals surface area (Å²) < 4.78 is 0. The van der Waals surface area contributed by atoms with Crippen LogP contribution < -0.4 is 5.32 Å². The van der Waals surface area contributed by atoms with Gasteiger partial charge < -0.3 is 15.5 Å². The fraction of sp³-hybridized carbons (Fsp3) is 0.839. The molecule has 2 atom stereocenters. The molecule has 0 saturated heterocycles. The van der Waals surface area contributed by atoms with Crippen molar-refractivity contribution in [2.75, 3.05) is 6.61 Å². The van der Waals surface area contributed by atoms with Crippen LogP contribution in [-0.2, 0) is 4.79 Å². The van der Waals surface area contributed by atoms with Crippen LogP contribution in [0, 0.1) is 0 Å². The van der Waals surface area contributed by atoms with E-state index in [0.717, 1.165) is 38.5 Å². The molecule has 206 valence electrons. The van der Waals surface area contributed by atoms with Gasteiger partial charge in [-0.05, 0) is 44.9 Å². The molecule has 35 heavy (non-hydrogen) atoms. The molecule has 0 saturated carbocycles. The lowest BCUT2D eigenvalue weighted by Crippen LogP contribution is -2.45. The van der Waals surface area contributed by atoms with Crippen LogP contribution in [0.5, 0.6) is 0 Å². The van der Waals surface area contributed by atoms with Gasteiger partial charge in [0.2, 0.25) is 5.91 Å². The van der Waals surface area contributed by atoms with Crippen LogP contribution in [-0.4, -0.2) is 34.9 Å². The van der Waals surface area contributed by atoms with Gasteiger partial charge in [0, 0.05) is 6.42 Å². The Hall–Kier alpha value is -1.13. The number of carbonyl (C=O) groups excluding carboxylic acids is 1. The van der Waals surface area contributed by atoms with Crippen molar-refractivity contribution in [3.63, 3.8) is 0 Å². The molecule has 3 N–H and O–H groups in total. The van der Waals surface area contributed by atoms with Crippen LogP contribution in [0.25, 0.3) is 0 Å². The predicted molar refractivity (Wildman–Crippen MR) is 152 cm³/mol. The van der Waals surface area contributed by atoms with Crippen LogP contribution in [0.2, 0.25) is 0 Å². The standard InChI is InChI=1S/C31H59NO3/c1-3-5-7-9-11-13-15-16-17-19-21-23-25-27-31(35)32-29(28-33)30(34)26-24-22-20-18-14-12-10-8-6-4-2/h16-17,24,26,29-30,33-34H,3-15,18-23,25,27-28H2,1-2H3,(H,32,35)/b17-16-,26-24+. The van der Waals surface area contributed by atoms with E-state index in [1.807, 2.05) is 6.08 Å². The summed E-state index contributed by atoms with van der Waals surface area (Å²) in [6.07, 6.45) is 32.4. The van der Waals surface area contributed by atoms with Gasteiger partial charge in [-0.2, -0.15) is 0 Å². The highest BCUT2D eigenvalue weighted by atomic mass is 16.3. The second-order valence-electron chi connectivity index (χ2n) is 10.2. The molecule has 4 nitrogen and oxygen atoms in total. The third-order valence-electron chi connectivity index (χ3n) is 6.68. The minimum Gasteiger partial charge on any atom is -0.394 e. The number of rotatable bonds is 26. The zero-order valence-electron chi connectivity index (χ0n) is 23.3. The van der Waals surface area contributed by atoms with Crippen molar-refractivity contribution < 1.29 is 15.0 Å². The zero-order valence-corrected chi connectivity index (χ0v) is 23.3. The molecule has 1 amide bonds. The molecule has 4 heteroatoms. The van der Waals surface area contributed by atoms with E-state index in [1.165, 1.54) is 89.9 Å². The average molecular weight is 494 g/mol. The topological polar surface area (TPSA) is 69.6 Å². The van der Waals surface area contributed by atoms with Crippen LogP contribution in [0.3, 0.4) is 0 Å². The summed E-state index contributed by atoms with van der Waals surface area (Å²) in [5, 5.41) is 22.7. The molecular formula is C31H59NO3. The molecule has 0 rings (SSSR count). The first-order chi connectivity index (χ1) is 17.2. The number of hydrogen-bond donors (Lipinski definition) is 3. The SMILES string of the molecule is CCCCCCCC/C=C\CCCCCC(=O)NC(CO)C(O)/C=C/CCCCCCCCCC. The van der Waals surface area contributed by atoms with E-state index in [1.54, 1.807) is 6.08 Å². The summed E-state index contributed by atoms with van der Waals surface area (Å²) in [6.45, 7) is 4.24. The number of amides is 1. The summed E-state index contributed by atoms with van der Waals surface area (Å²) in [6, 6.07) is -0.623. The molecule has 0 aromatic heterocycles. The maximum absolute atomic E-state index is 12.2. The Labute approximate surface area is 218 Å². The predicted octanol–water partition coefficient (Wildman–Crippen LogP) is 8.17. The van der Waals surface area contributed by atoms with Crippen molar-refractivity contribution in [1.29, 1.82) is 0 Å². The summed E-state index contributed by atoms with van der Waals surface area (Å²) in [5.41, 5.74) is 0. The first-order valence-corrected chi connectivity index (χ1v) is 15.1. The van der Waals surface area contributed by atoms with Crippen molar-refractivity contribution in [2.45, 2.75) is 161 Å². The second-order valence-corrected chi connectivity index (χ2v) is 10.2. The lowest BCUT2D eigenvalue weighted by molar-refractivity contribution is -0.123. The minimum atomic E-state index is -0.838. The van der Waals surface area contributed by atoms with Crippen LogP contribution >= 0.6 is 0 Å². The monoisotopic (exact) mass is 493 g/mol. The number of hydrogen-bond acceptors (Lipinski definition) is 3. The van der Waals surface area contributed by atoms with Gasteiger partial charge in [0.15, 0.2) is 0 Å². The Morgan fingerprint density at radius 2 is 1.09 bits per heavy atom. The van der Waals surface area contributed by atoms with Gasteiger partial charge in [-0.1, -0.05) is 122 Å². The Morgan fingerprint density at radius 1 is 0.657 bits per heavy atom. The summed E-state index contributed by atoms with van der Waals surface area (Å²) in [5.74, 6) is -0.0850. The molecule has 0 spiro atoms. The quantitative estimate of drug-likeness (QED) is 0.0840. The maximum Gasteiger partial charge on any atom is 0.220 e. The molecule has 0 bridgehead atoms. The second kappa shape index (κ2) is 27.5. The summed E-state index contributed by atoms with van der Waals surface area (Å²) in [7, 11) is 0. The van der Waals surface area contributed by atoms with E-state index in [4.69, 9.17) is 0 Å². The van der Waals surface area contributed by atoms with Crippen LogP contribution in [0.1, 0.15) is 149 Å². The Kier molecular flexibility index (Phi) is 26.6. The largest absolute Gasteiger partial charge is 0.394 e. The Bertz CT molecular complexity index is 503. The van der Waals surface area contributed by atoms with Crippen LogP contribution in [0.15, 0.2) is 24.3 Å². The average Bonchev–Trinajstić information content (AvgIpc) is 2.86. The molecule has 0 radical (unpaired) electrons. The van der Waals surface area contributed by atoms with E-state index < -0.39 is 12.1 Å². The summed E-state index contributed by atoms with van der Waals surface area (Å²) in [4.78, 5) is 12.2. The first kappa shape index (κ1) is 33.9. The van der Waals surface area contributed by atoms with Crippen molar-refractivity contribution in [2.24, 2.45) is 0 Å². The molecule has 0 aliphatic carbocycles. The number of aliphatic hydroxyl groups is 2. The third kappa shape index (κ3) is 24.3. The molecule has 0 aliphatic rings. The molecule has 2 unspecified atom stereocenters. The minimum absolute atomic E-state index is 0.0850. The zero-order chi connectivity index (χ0) is 25.8. The van der Waals surface area contributed by atoms with Crippen molar-refractivity contribution in [3.8, 4) is 0 Å². The highest BCUT2D eigenvalue weighted by molar-refractivity contribution is 5.76. The lowest BCUT2D eigenvalue weighted by Gasteiger charge is -2.19. The third-order valence-corrected chi connectivity index (χ3v) is 6.68. The van der Waals surface area contributed by atoms with Crippen molar-refractivity contribution in [3.05, 3.63) is 24.3 Å². The fourth-order valence-corrected chi connectivity index (χ4v) is 4.29. The summed E-state index contributed by atoms with van der Waals surface area (Å²) >= 11 is 0. The first-order valence-electron chi connectivity index (χ1n) is 15.1. The van der Waals surface area contributed by atoms with Gasteiger partial charge >= 0.3 is 0 Å². The number of carbonyl (C=O) groups is 1. The maximum atomic E-state index is 12.2. The molecule has 0 heterocycles. The van der Waals surface area contributed by atoms with Gasteiger partial charge in [-0.3, -0.25) is 4.79 Å². The van der Waals surface area contributed by atoms with E-state index >= 15 is 0 Å². The molecule has 0 fully saturated rings. The molecular weight excluding hydrogens is 434 g/mol. The lowest BCUT2D eigenvalue weighted by atomic mass is 10.1. The number of unbranched alkanes of at least 4 members (excludes halogenated alkanes) is 17. The van der Waals surface area contributed by atoms with Crippen LogP contribution in [0.4, 0.5) is 0 Å². The molecule has 0 aliphatic heterocycles. The van der Waals surface area contributed by atoms with Crippen molar-refractivity contribution >= 4 is 5.91 Å². The number of aliphatic hydroxyl groups excluding tert-OH is 2. The van der Waals surface area contributed by atoms with Gasteiger partial charge in [-0.15, -0.1) is 0 Å². The highest BCUT2D eigenvalue weighted by Crippen LogP contribution is 2.11. The normalized spacial score (nSPS) is 13.6. The fourth-order valence-electron chi connectivity index (χ4n) is 4.29. The van der Waals surface area contributed by atoms with Gasteiger partial charge in [0.1, 0.15) is 0 Å². The van der Waals surface area contributed by atoms with Gasteiger partial charge in [-0.25, -0.2) is 0 Å². The molecule has 0 aromatic carbocycles. The van der Waals surface area contributed by atoms with E-state index in [2.05, 4.69) is 31.3 Å². The van der Waals surface area contributed by atoms with Gasteiger partial charge in [0.05, 0.1) is 18.8 Å². The van der Waals surface area contributed by atoms with Gasteiger partial charge in [0.25, 0.3) is 0 Å². The Balaban J connectivity index is 3.72.